The predicted octanol–water partition coefficient (Wildman–Crippen LogP) is 3.07. The van der Waals surface area contributed by atoms with Crippen LogP contribution in [0.2, 0.25) is 10.0 Å². The molecule has 104 valence electrons. The molecule has 1 unspecified atom stereocenters. The molecule has 2 rings (SSSR count). The highest BCUT2D eigenvalue weighted by atomic mass is 35.5. The molecule has 1 saturated heterocycles. The first-order valence-electron chi connectivity index (χ1n) is 6.08. The van der Waals surface area contributed by atoms with Crippen molar-refractivity contribution in [2.75, 3.05) is 5.75 Å². The standard InChI is InChI=1S/C13H14Cl2O3S/c14-10-5-4-9(11(15)8-10)7-12(16)13-3-1-2-6-19(13,17)18/h4-5,8,13H,1-3,6-7H2. The number of hydrogen-bond acceptors (Lipinski definition) is 3. The molecule has 0 aliphatic carbocycles. The van der Waals surface area contributed by atoms with E-state index in [-0.39, 0.29) is 18.0 Å². The van der Waals surface area contributed by atoms with Gasteiger partial charge in [0.15, 0.2) is 15.6 Å². The van der Waals surface area contributed by atoms with Gasteiger partial charge in [0.1, 0.15) is 5.25 Å². The first-order chi connectivity index (χ1) is 8.90. The summed E-state index contributed by atoms with van der Waals surface area (Å²) in [5.74, 6) is -0.165. The van der Waals surface area contributed by atoms with Gasteiger partial charge in [0.2, 0.25) is 0 Å². The second kappa shape index (κ2) is 5.81. The molecule has 0 aromatic heterocycles. The van der Waals surface area contributed by atoms with Crippen LogP contribution in [0.3, 0.4) is 0 Å². The number of ketones is 1. The Labute approximate surface area is 122 Å². The van der Waals surface area contributed by atoms with Crippen LogP contribution in [0.15, 0.2) is 18.2 Å². The van der Waals surface area contributed by atoms with E-state index < -0.39 is 15.1 Å². The van der Waals surface area contributed by atoms with Crippen LogP contribution < -0.4 is 0 Å². The summed E-state index contributed by atoms with van der Waals surface area (Å²) < 4.78 is 23.8. The second-order valence-electron chi connectivity index (χ2n) is 4.73. The fourth-order valence-corrected chi connectivity index (χ4v) is 4.66. The summed E-state index contributed by atoms with van der Waals surface area (Å²) in [6.07, 6.45) is 1.89. The van der Waals surface area contributed by atoms with Crippen molar-refractivity contribution in [1.29, 1.82) is 0 Å². The molecule has 1 heterocycles. The number of benzene rings is 1. The lowest BCUT2D eigenvalue weighted by atomic mass is 10.0. The topological polar surface area (TPSA) is 51.2 Å². The van der Waals surface area contributed by atoms with Crippen LogP contribution in [0, 0.1) is 0 Å². The van der Waals surface area contributed by atoms with Gasteiger partial charge in [0, 0.05) is 16.5 Å². The molecule has 6 heteroatoms. The molecule has 1 aromatic carbocycles. The molecule has 1 aliphatic heterocycles. The van der Waals surface area contributed by atoms with E-state index in [4.69, 9.17) is 23.2 Å². The average Bonchev–Trinajstić information content (AvgIpc) is 2.32. The summed E-state index contributed by atoms with van der Waals surface area (Å²) in [6, 6.07) is 4.87. The maximum atomic E-state index is 12.1. The second-order valence-corrected chi connectivity index (χ2v) is 7.88. The maximum absolute atomic E-state index is 12.1. The van der Waals surface area contributed by atoms with E-state index >= 15 is 0 Å². The zero-order valence-electron chi connectivity index (χ0n) is 10.2. The molecule has 0 saturated carbocycles. The van der Waals surface area contributed by atoms with Crippen molar-refractivity contribution in [2.45, 2.75) is 30.9 Å². The first-order valence-corrected chi connectivity index (χ1v) is 8.55. The third-order valence-corrected chi connectivity index (χ3v) is 6.13. The van der Waals surface area contributed by atoms with Crippen LogP contribution in [-0.4, -0.2) is 25.2 Å². The van der Waals surface area contributed by atoms with Gasteiger partial charge in [-0.1, -0.05) is 35.7 Å². The molecule has 1 aliphatic rings. The molecule has 1 aromatic rings. The van der Waals surface area contributed by atoms with Crippen molar-refractivity contribution in [3.05, 3.63) is 33.8 Å². The molecule has 1 atom stereocenters. The number of carbonyl (C=O) groups is 1. The normalized spacial score (nSPS) is 22.1. The number of rotatable bonds is 3. The van der Waals surface area contributed by atoms with Crippen LogP contribution in [0.4, 0.5) is 0 Å². The highest BCUT2D eigenvalue weighted by Gasteiger charge is 2.34. The lowest BCUT2D eigenvalue weighted by Gasteiger charge is -2.21. The Hall–Kier alpha value is -0.580. The quantitative estimate of drug-likeness (QED) is 0.860. The molecule has 0 N–H and O–H groups in total. The van der Waals surface area contributed by atoms with E-state index in [1.165, 1.54) is 0 Å². The van der Waals surface area contributed by atoms with E-state index in [1.54, 1.807) is 18.2 Å². The molecule has 1 fully saturated rings. The fraction of sp³-hybridized carbons (Fsp3) is 0.462. The number of halogens is 2. The number of hydrogen-bond donors (Lipinski definition) is 0. The molecule has 0 spiro atoms. The van der Waals surface area contributed by atoms with Crippen molar-refractivity contribution in [2.24, 2.45) is 0 Å². The zero-order valence-corrected chi connectivity index (χ0v) is 12.6. The summed E-state index contributed by atoms with van der Waals surface area (Å²) in [4.78, 5) is 12.1. The van der Waals surface area contributed by atoms with Crippen LogP contribution in [0.25, 0.3) is 0 Å². The number of carbonyl (C=O) groups excluding carboxylic acids is 1. The summed E-state index contributed by atoms with van der Waals surface area (Å²) >= 11 is 11.8. The highest BCUT2D eigenvalue weighted by Crippen LogP contribution is 2.25. The van der Waals surface area contributed by atoms with E-state index in [2.05, 4.69) is 0 Å². The van der Waals surface area contributed by atoms with Gasteiger partial charge in [-0.3, -0.25) is 4.79 Å². The van der Waals surface area contributed by atoms with E-state index in [0.29, 0.717) is 28.5 Å². The minimum atomic E-state index is -3.28. The van der Waals surface area contributed by atoms with Crippen LogP contribution in [0.1, 0.15) is 24.8 Å². The molecular formula is C13H14Cl2O3S. The zero-order chi connectivity index (χ0) is 14.0. The minimum absolute atomic E-state index is 0.0416. The SMILES string of the molecule is O=C(Cc1ccc(Cl)cc1Cl)C1CCCCS1(=O)=O. The molecular weight excluding hydrogens is 307 g/mol. The van der Waals surface area contributed by atoms with Gasteiger partial charge in [0.05, 0.1) is 5.75 Å². The van der Waals surface area contributed by atoms with Gasteiger partial charge in [-0.25, -0.2) is 8.42 Å². The predicted molar refractivity (Wildman–Crippen MR) is 76.6 cm³/mol. The van der Waals surface area contributed by atoms with Crippen LogP contribution in [0.5, 0.6) is 0 Å². The third-order valence-electron chi connectivity index (χ3n) is 3.32. The Morgan fingerprint density at radius 3 is 2.63 bits per heavy atom. The van der Waals surface area contributed by atoms with Crippen molar-refractivity contribution in [3.8, 4) is 0 Å². The largest absolute Gasteiger partial charge is 0.298 e. The smallest absolute Gasteiger partial charge is 0.160 e. The van der Waals surface area contributed by atoms with Crippen molar-refractivity contribution >= 4 is 38.8 Å². The van der Waals surface area contributed by atoms with Gasteiger partial charge in [-0.2, -0.15) is 0 Å². The average molecular weight is 321 g/mol. The molecule has 3 nitrogen and oxygen atoms in total. The summed E-state index contributed by atoms with van der Waals surface area (Å²) in [5, 5.41) is 0.0218. The molecule has 0 amide bonds. The summed E-state index contributed by atoms with van der Waals surface area (Å²) in [5.41, 5.74) is 0.622. The lowest BCUT2D eigenvalue weighted by Crippen LogP contribution is -2.36. The summed E-state index contributed by atoms with van der Waals surface area (Å²) in [6.45, 7) is 0. The Balaban J connectivity index is 2.17. The van der Waals surface area contributed by atoms with Crippen LogP contribution >= 0.6 is 23.2 Å². The number of sulfone groups is 1. The Morgan fingerprint density at radius 2 is 2.00 bits per heavy atom. The molecule has 19 heavy (non-hydrogen) atoms. The monoisotopic (exact) mass is 320 g/mol. The van der Waals surface area contributed by atoms with Gasteiger partial charge in [0.25, 0.3) is 0 Å². The minimum Gasteiger partial charge on any atom is -0.298 e. The lowest BCUT2D eigenvalue weighted by molar-refractivity contribution is -0.118. The Morgan fingerprint density at radius 1 is 1.26 bits per heavy atom. The fourth-order valence-electron chi connectivity index (χ4n) is 2.28. The van der Waals surface area contributed by atoms with E-state index in [9.17, 15) is 13.2 Å². The van der Waals surface area contributed by atoms with E-state index in [0.717, 1.165) is 6.42 Å². The van der Waals surface area contributed by atoms with Gasteiger partial charge < -0.3 is 0 Å². The Kier molecular flexibility index (Phi) is 4.54. The molecule has 0 bridgehead atoms. The maximum Gasteiger partial charge on any atom is 0.160 e. The highest BCUT2D eigenvalue weighted by molar-refractivity contribution is 7.92. The van der Waals surface area contributed by atoms with Crippen molar-refractivity contribution < 1.29 is 13.2 Å². The first kappa shape index (κ1) is 14.8. The van der Waals surface area contributed by atoms with E-state index in [1.807, 2.05) is 0 Å². The van der Waals surface area contributed by atoms with Crippen molar-refractivity contribution in [3.63, 3.8) is 0 Å². The van der Waals surface area contributed by atoms with Crippen LogP contribution in [-0.2, 0) is 21.1 Å². The molecule has 0 radical (unpaired) electrons. The van der Waals surface area contributed by atoms with Gasteiger partial charge in [-0.05, 0) is 30.5 Å². The third kappa shape index (κ3) is 3.50. The van der Waals surface area contributed by atoms with Gasteiger partial charge in [-0.15, -0.1) is 0 Å². The Bertz CT molecular complexity index is 596. The number of Topliss-reactive ketones (excluding diaryl/α,β-unsaturated/α-hetero) is 1. The summed E-state index contributed by atoms with van der Waals surface area (Å²) in [7, 11) is -3.28. The van der Waals surface area contributed by atoms with Gasteiger partial charge >= 0.3 is 0 Å². The van der Waals surface area contributed by atoms with Crippen molar-refractivity contribution in [1.82, 2.24) is 0 Å².